The first-order valence-electron chi connectivity index (χ1n) is 9.59. The molecular weight excluding hydrogens is 356 g/mol. The van der Waals surface area contributed by atoms with E-state index < -0.39 is 30.5 Å². The van der Waals surface area contributed by atoms with Crippen LogP contribution >= 0.6 is 0 Å². The van der Waals surface area contributed by atoms with Gasteiger partial charge in [-0.3, -0.25) is 0 Å². The summed E-state index contributed by atoms with van der Waals surface area (Å²) in [5, 5.41) is 20.7. The van der Waals surface area contributed by atoms with Crippen LogP contribution in [0.2, 0.25) is 0 Å². The Kier molecular flexibility index (Phi) is 7.77. The SMILES string of the molecule is C=CC[C@H]1O[C@H](CO)[C@@H](OCc2ccccc2)[C@H](OCc2ccccc2)[C@H]1O. The van der Waals surface area contributed by atoms with E-state index in [2.05, 4.69) is 6.58 Å². The third-order valence-electron chi connectivity index (χ3n) is 4.91. The highest BCUT2D eigenvalue weighted by Crippen LogP contribution is 2.29. The number of hydrogen-bond acceptors (Lipinski definition) is 5. The molecule has 1 aliphatic heterocycles. The van der Waals surface area contributed by atoms with Crippen LogP contribution in [0.1, 0.15) is 17.5 Å². The second kappa shape index (κ2) is 10.5. The van der Waals surface area contributed by atoms with E-state index >= 15 is 0 Å². The zero-order valence-electron chi connectivity index (χ0n) is 15.9. The van der Waals surface area contributed by atoms with E-state index in [-0.39, 0.29) is 6.61 Å². The second-order valence-corrected chi connectivity index (χ2v) is 6.93. The molecule has 0 aliphatic carbocycles. The Morgan fingerprint density at radius 2 is 1.39 bits per heavy atom. The first-order valence-corrected chi connectivity index (χ1v) is 9.59. The van der Waals surface area contributed by atoms with Gasteiger partial charge in [0.05, 0.1) is 25.9 Å². The Hall–Kier alpha value is -2.02. The minimum Gasteiger partial charge on any atom is -0.394 e. The molecular formula is C23H28O5. The van der Waals surface area contributed by atoms with Crippen molar-refractivity contribution >= 4 is 0 Å². The lowest BCUT2D eigenvalue weighted by Crippen LogP contribution is -2.60. The van der Waals surface area contributed by atoms with Crippen LogP contribution in [0, 0.1) is 0 Å². The van der Waals surface area contributed by atoms with Crippen molar-refractivity contribution in [3.05, 3.63) is 84.4 Å². The third-order valence-corrected chi connectivity index (χ3v) is 4.91. The summed E-state index contributed by atoms with van der Waals surface area (Å²) in [7, 11) is 0. The van der Waals surface area contributed by atoms with Gasteiger partial charge in [-0.15, -0.1) is 6.58 Å². The van der Waals surface area contributed by atoms with Gasteiger partial charge in [-0.1, -0.05) is 66.7 Å². The van der Waals surface area contributed by atoms with Gasteiger partial charge in [0.1, 0.15) is 24.4 Å². The normalized spacial score (nSPS) is 27.4. The second-order valence-electron chi connectivity index (χ2n) is 6.93. The van der Waals surface area contributed by atoms with Gasteiger partial charge in [0.25, 0.3) is 0 Å². The number of rotatable bonds is 9. The third kappa shape index (κ3) is 5.28. The highest BCUT2D eigenvalue weighted by atomic mass is 16.6. The van der Waals surface area contributed by atoms with Gasteiger partial charge in [0.2, 0.25) is 0 Å². The lowest BCUT2D eigenvalue weighted by atomic mass is 9.93. The molecule has 0 spiro atoms. The number of aliphatic hydroxyl groups excluding tert-OH is 2. The van der Waals surface area contributed by atoms with Gasteiger partial charge in [0.15, 0.2) is 0 Å². The highest BCUT2D eigenvalue weighted by Gasteiger charge is 2.46. The van der Waals surface area contributed by atoms with Gasteiger partial charge >= 0.3 is 0 Å². The van der Waals surface area contributed by atoms with Crippen molar-refractivity contribution in [2.75, 3.05) is 6.61 Å². The van der Waals surface area contributed by atoms with Gasteiger partial charge in [-0.05, 0) is 17.5 Å². The predicted molar refractivity (Wildman–Crippen MR) is 107 cm³/mol. The zero-order chi connectivity index (χ0) is 19.8. The topological polar surface area (TPSA) is 68.2 Å². The van der Waals surface area contributed by atoms with Crippen molar-refractivity contribution in [2.45, 2.75) is 50.2 Å². The molecule has 2 N–H and O–H groups in total. The molecule has 0 radical (unpaired) electrons. The van der Waals surface area contributed by atoms with Gasteiger partial charge in [-0.2, -0.15) is 0 Å². The molecule has 150 valence electrons. The van der Waals surface area contributed by atoms with E-state index in [1.165, 1.54) is 0 Å². The number of ether oxygens (including phenoxy) is 3. The minimum atomic E-state index is -0.884. The summed E-state index contributed by atoms with van der Waals surface area (Å²) in [6, 6.07) is 19.5. The molecule has 3 rings (SSSR count). The van der Waals surface area contributed by atoms with Gasteiger partial charge in [0, 0.05) is 0 Å². The maximum atomic E-state index is 10.9. The van der Waals surface area contributed by atoms with Crippen molar-refractivity contribution in [3.63, 3.8) is 0 Å². The molecule has 1 saturated heterocycles. The smallest absolute Gasteiger partial charge is 0.115 e. The van der Waals surface area contributed by atoms with E-state index in [1.54, 1.807) is 6.08 Å². The van der Waals surface area contributed by atoms with Crippen LogP contribution in [-0.2, 0) is 27.4 Å². The van der Waals surface area contributed by atoms with E-state index in [4.69, 9.17) is 14.2 Å². The zero-order valence-corrected chi connectivity index (χ0v) is 15.9. The molecule has 1 heterocycles. The molecule has 0 unspecified atom stereocenters. The summed E-state index contributed by atoms with van der Waals surface area (Å²) in [4.78, 5) is 0. The van der Waals surface area contributed by atoms with E-state index in [1.807, 2.05) is 60.7 Å². The molecule has 5 heteroatoms. The summed E-state index contributed by atoms with van der Waals surface area (Å²) < 4.78 is 18.1. The van der Waals surface area contributed by atoms with E-state index in [0.29, 0.717) is 19.6 Å². The van der Waals surface area contributed by atoms with Crippen LogP contribution in [0.5, 0.6) is 0 Å². The summed E-state index contributed by atoms with van der Waals surface area (Å²) in [6.07, 6.45) is -1.02. The Balaban J connectivity index is 1.75. The summed E-state index contributed by atoms with van der Waals surface area (Å²) in [5.41, 5.74) is 2.01. The Bertz CT molecular complexity index is 705. The fourth-order valence-corrected chi connectivity index (χ4v) is 3.44. The molecule has 0 amide bonds. The largest absolute Gasteiger partial charge is 0.394 e. The molecule has 5 atom stereocenters. The quantitative estimate of drug-likeness (QED) is 0.651. The van der Waals surface area contributed by atoms with Crippen molar-refractivity contribution < 1.29 is 24.4 Å². The predicted octanol–water partition coefficient (Wildman–Crippen LogP) is 2.85. The minimum absolute atomic E-state index is 0.217. The van der Waals surface area contributed by atoms with Crippen LogP contribution in [0.3, 0.4) is 0 Å². The maximum Gasteiger partial charge on any atom is 0.115 e. The van der Waals surface area contributed by atoms with Crippen LogP contribution in [0.4, 0.5) is 0 Å². The number of hydrogen-bond donors (Lipinski definition) is 2. The molecule has 28 heavy (non-hydrogen) atoms. The standard InChI is InChI=1S/C23H28O5/c1-2-9-19-21(25)23(27-16-18-12-7-4-8-13-18)22(20(14-24)28-19)26-15-17-10-5-3-6-11-17/h2-8,10-13,19-25H,1,9,14-16H2/t19-,20-,21+,22-,23-/m1/s1. The van der Waals surface area contributed by atoms with E-state index in [9.17, 15) is 10.2 Å². The molecule has 5 nitrogen and oxygen atoms in total. The lowest BCUT2D eigenvalue weighted by molar-refractivity contribution is -0.257. The Labute approximate surface area is 166 Å². The fourth-order valence-electron chi connectivity index (χ4n) is 3.44. The molecule has 0 bridgehead atoms. The first-order chi connectivity index (χ1) is 13.7. The molecule has 0 saturated carbocycles. The molecule has 1 aliphatic rings. The van der Waals surface area contributed by atoms with E-state index in [0.717, 1.165) is 11.1 Å². The van der Waals surface area contributed by atoms with Crippen LogP contribution in [0.25, 0.3) is 0 Å². The van der Waals surface area contributed by atoms with Crippen molar-refractivity contribution in [1.82, 2.24) is 0 Å². The average molecular weight is 384 g/mol. The summed E-state index contributed by atoms with van der Waals surface area (Å²) in [6.45, 7) is 4.19. The fraction of sp³-hybridized carbons (Fsp3) is 0.391. The number of benzene rings is 2. The maximum absolute atomic E-state index is 10.9. The lowest BCUT2D eigenvalue weighted by Gasteiger charge is -2.44. The van der Waals surface area contributed by atoms with Crippen molar-refractivity contribution in [3.8, 4) is 0 Å². The average Bonchev–Trinajstić information content (AvgIpc) is 2.74. The Morgan fingerprint density at radius 1 is 0.857 bits per heavy atom. The number of aliphatic hydroxyl groups is 2. The van der Waals surface area contributed by atoms with Crippen LogP contribution < -0.4 is 0 Å². The van der Waals surface area contributed by atoms with Crippen LogP contribution in [-0.4, -0.2) is 47.3 Å². The molecule has 1 fully saturated rings. The molecule has 2 aromatic rings. The summed E-state index contributed by atoms with van der Waals surface area (Å²) in [5.74, 6) is 0. The van der Waals surface area contributed by atoms with Crippen molar-refractivity contribution in [2.24, 2.45) is 0 Å². The monoisotopic (exact) mass is 384 g/mol. The van der Waals surface area contributed by atoms with Gasteiger partial charge < -0.3 is 24.4 Å². The molecule has 2 aromatic carbocycles. The molecule has 0 aromatic heterocycles. The van der Waals surface area contributed by atoms with Gasteiger partial charge in [-0.25, -0.2) is 0 Å². The Morgan fingerprint density at radius 3 is 1.89 bits per heavy atom. The van der Waals surface area contributed by atoms with Crippen LogP contribution in [0.15, 0.2) is 73.3 Å². The first kappa shape index (κ1) is 20.7. The summed E-state index contributed by atoms with van der Waals surface area (Å²) >= 11 is 0. The van der Waals surface area contributed by atoms with Crippen molar-refractivity contribution in [1.29, 1.82) is 0 Å². The highest BCUT2D eigenvalue weighted by molar-refractivity contribution is 5.14.